The maximum Gasteiger partial charge on any atom is 0.392 e. The van der Waals surface area contributed by atoms with Gasteiger partial charge in [-0.3, -0.25) is 0 Å². The van der Waals surface area contributed by atoms with Gasteiger partial charge in [-0.15, -0.1) is 0 Å². The first-order chi connectivity index (χ1) is 7.92. The highest BCUT2D eigenvalue weighted by Crippen LogP contribution is 2.19. The van der Waals surface area contributed by atoms with Crippen LogP contribution in [0.25, 0.3) is 0 Å². The second-order valence-corrected chi connectivity index (χ2v) is 3.09. The van der Waals surface area contributed by atoms with Crippen molar-refractivity contribution < 1.29 is 27.4 Å². The molecular weight excluding hydrogens is 239 g/mol. The van der Waals surface area contributed by atoms with E-state index in [0.29, 0.717) is 0 Å². The van der Waals surface area contributed by atoms with Gasteiger partial charge in [-0.2, -0.15) is 13.2 Å². The van der Waals surface area contributed by atoms with E-state index >= 15 is 0 Å². The number of carbonyl (C=O) groups excluding carboxylic acids is 1. The summed E-state index contributed by atoms with van der Waals surface area (Å²) in [7, 11) is 1.22. The average Bonchev–Trinajstić information content (AvgIpc) is 2.27. The highest BCUT2D eigenvalue weighted by atomic mass is 19.4. The Labute approximate surface area is 95.4 Å². The third-order valence-electron chi connectivity index (χ3n) is 1.79. The lowest BCUT2D eigenvalue weighted by atomic mass is 10.3. The van der Waals surface area contributed by atoms with Crippen LogP contribution in [0.3, 0.4) is 0 Å². The summed E-state index contributed by atoms with van der Waals surface area (Å²) in [5, 5.41) is 0. The van der Waals surface area contributed by atoms with Crippen LogP contribution in [0.15, 0.2) is 18.3 Å². The standard InChI is InChI=1S/C10H10F3NO3/c1-16-9(15)7-2-3-8(14-6-7)17-5-4-10(11,12)13/h2-3,6H,4-5H2,1H3. The lowest BCUT2D eigenvalue weighted by Crippen LogP contribution is -2.13. The third kappa shape index (κ3) is 4.71. The number of alkyl halides is 3. The summed E-state index contributed by atoms with van der Waals surface area (Å²) in [4.78, 5) is 14.7. The van der Waals surface area contributed by atoms with Crippen molar-refractivity contribution in [3.8, 4) is 5.88 Å². The van der Waals surface area contributed by atoms with Gasteiger partial charge in [-0.05, 0) is 6.07 Å². The molecule has 1 heterocycles. The lowest BCUT2D eigenvalue weighted by Gasteiger charge is -2.07. The molecule has 0 atom stereocenters. The number of halogens is 3. The summed E-state index contributed by atoms with van der Waals surface area (Å²) in [6.45, 7) is -0.506. The van der Waals surface area contributed by atoms with Gasteiger partial charge in [0.15, 0.2) is 0 Å². The molecule has 1 aromatic rings. The van der Waals surface area contributed by atoms with Crippen LogP contribution in [0.1, 0.15) is 16.8 Å². The molecule has 0 radical (unpaired) electrons. The minimum atomic E-state index is -4.26. The zero-order chi connectivity index (χ0) is 12.9. The number of nitrogens with zero attached hydrogens (tertiary/aromatic N) is 1. The van der Waals surface area contributed by atoms with Crippen LogP contribution in [-0.2, 0) is 4.74 Å². The van der Waals surface area contributed by atoms with Gasteiger partial charge in [0.25, 0.3) is 0 Å². The smallest absolute Gasteiger partial charge is 0.392 e. The molecule has 0 fully saturated rings. The molecule has 0 aliphatic carbocycles. The Morgan fingerprint density at radius 1 is 1.41 bits per heavy atom. The fourth-order valence-electron chi connectivity index (χ4n) is 0.976. The number of hydrogen-bond donors (Lipinski definition) is 0. The minimum Gasteiger partial charge on any atom is -0.477 e. The Balaban J connectivity index is 2.49. The van der Waals surface area contributed by atoms with Crippen LogP contribution < -0.4 is 4.74 Å². The number of esters is 1. The van der Waals surface area contributed by atoms with E-state index in [-0.39, 0.29) is 11.4 Å². The minimum absolute atomic E-state index is 0.0295. The maximum absolute atomic E-state index is 11.8. The Kier molecular flexibility index (Phi) is 4.30. The van der Waals surface area contributed by atoms with Crippen LogP contribution >= 0.6 is 0 Å². The first-order valence-corrected chi connectivity index (χ1v) is 4.66. The highest BCUT2D eigenvalue weighted by molar-refractivity contribution is 5.88. The van der Waals surface area contributed by atoms with Crippen molar-refractivity contribution in [3.63, 3.8) is 0 Å². The van der Waals surface area contributed by atoms with E-state index in [9.17, 15) is 18.0 Å². The molecular formula is C10H10F3NO3. The fourth-order valence-corrected chi connectivity index (χ4v) is 0.976. The van der Waals surface area contributed by atoms with E-state index in [4.69, 9.17) is 4.74 Å². The Bertz CT molecular complexity index is 375. The molecule has 0 spiro atoms. The van der Waals surface area contributed by atoms with E-state index in [1.54, 1.807) is 0 Å². The second-order valence-electron chi connectivity index (χ2n) is 3.09. The first kappa shape index (κ1) is 13.3. The van der Waals surface area contributed by atoms with Gasteiger partial charge in [-0.25, -0.2) is 9.78 Å². The SMILES string of the molecule is COC(=O)c1ccc(OCCC(F)(F)F)nc1. The van der Waals surface area contributed by atoms with Crippen molar-refractivity contribution in [2.24, 2.45) is 0 Å². The van der Waals surface area contributed by atoms with Crippen molar-refractivity contribution >= 4 is 5.97 Å². The molecule has 0 saturated heterocycles. The van der Waals surface area contributed by atoms with Crippen LogP contribution in [0, 0.1) is 0 Å². The number of rotatable bonds is 4. The number of hydrogen-bond acceptors (Lipinski definition) is 4. The molecule has 0 aromatic carbocycles. The van der Waals surface area contributed by atoms with Crippen LogP contribution in [-0.4, -0.2) is 30.8 Å². The van der Waals surface area contributed by atoms with Gasteiger partial charge < -0.3 is 9.47 Å². The number of aromatic nitrogens is 1. The zero-order valence-electron chi connectivity index (χ0n) is 8.95. The molecule has 0 aliphatic rings. The summed E-state index contributed by atoms with van der Waals surface area (Å²) >= 11 is 0. The molecule has 0 saturated carbocycles. The van der Waals surface area contributed by atoms with E-state index in [1.807, 2.05) is 0 Å². The van der Waals surface area contributed by atoms with E-state index in [2.05, 4.69) is 9.72 Å². The average molecular weight is 249 g/mol. The number of carbonyl (C=O) groups is 1. The largest absolute Gasteiger partial charge is 0.477 e. The van der Waals surface area contributed by atoms with Gasteiger partial charge in [0.2, 0.25) is 5.88 Å². The van der Waals surface area contributed by atoms with E-state index in [1.165, 1.54) is 25.4 Å². The van der Waals surface area contributed by atoms with Gasteiger partial charge in [-0.1, -0.05) is 0 Å². The predicted octanol–water partition coefficient (Wildman–Crippen LogP) is 2.20. The van der Waals surface area contributed by atoms with E-state index < -0.39 is 25.2 Å². The molecule has 1 rings (SSSR count). The van der Waals surface area contributed by atoms with Gasteiger partial charge in [0.05, 0.1) is 25.7 Å². The van der Waals surface area contributed by atoms with Crippen molar-refractivity contribution in [2.75, 3.05) is 13.7 Å². The molecule has 17 heavy (non-hydrogen) atoms. The van der Waals surface area contributed by atoms with Gasteiger partial charge in [0, 0.05) is 12.3 Å². The van der Waals surface area contributed by atoms with Gasteiger partial charge >= 0.3 is 12.1 Å². The number of pyridine rings is 1. The zero-order valence-corrected chi connectivity index (χ0v) is 8.95. The summed E-state index contributed by atoms with van der Waals surface area (Å²) in [5.41, 5.74) is 0.204. The molecule has 7 heteroatoms. The second kappa shape index (κ2) is 5.51. The van der Waals surface area contributed by atoms with Crippen molar-refractivity contribution in [3.05, 3.63) is 23.9 Å². The molecule has 0 bridgehead atoms. The van der Waals surface area contributed by atoms with Crippen LogP contribution in [0.5, 0.6) is 5.88 Å². The first-order valence-electron chi connectivity index (χ1n) is 4.66. The van der Waals surface area contributed by atoms with Crippen molar-refractivity contribution in [2.45, 2.75) is 12.6 Å². The normalized spacial score (nSPS) is 11.1. The highest BCUT2D eigenvalue weighted by Gasteiger charge is 2.26. The third-order valence-corrected chi connectivity index (χ3v) is 1.79. The predicted molar refractivity (Wildman–Crippen MR) is 51.7 cm³/mol. The van der Waals surface area contributed by atoms with E-state index in [0.717, 1.165) is 0 Å². The molecule has 1 aromatic heterocycles. The molecule has 0 unspecified atom stereocenters. The topological polar surface area (TPSA) is 48.4 Å². The Morgan fingerprint density at radius 3 is 2.59 bits per heavy atom. The monoisotopic (exact) mass is 249 g/mol. The Morgan fingerprint density at radius 2 is 2.12 bits per heavy atom. The molecule has 4 nitrogen and oxygen atoms in total. The van der Waals surface area contributed by atoms with Crippen molar-refractivity contribution in [1.29, 1.82) is 0 Å². The summed E-state index contributed by atoms with van der Waals surface area (Å²) in [6.07, 6.45) is -4.13. The van der Waals surface area contributed by atoms with Gasteiger partial charge in [0.1, 0.15) is 0 Å². The summed E-state index contributed by atoms with van der Waals surface area (Å²) in [5.74, 6) is -0.541. The summed E-state index contributed by atoms with van der Waals surface area (Å²) in [6, 6.07) is 2.67. The molecule has 94 valence electrons. The number of ether oxygens (including phenoxy) is 2. The van der Waals surface area contributed by atoms with Crippen LogP contribution in [0.2, 0.25) is 0 Å². The summed E-state index contributed by atoms with van der Waals surface area (Å²) < 4.78 is 44.6. The Hall–Kier alpha value is -1.79. The number of methoxy groups -OCH3 is 1. The molecule has 0 N–H and O–H groups in total. The molecule has 0 amide bonds. The lowest BCUT2D eigenvalue weighted by molar-refractivity contribution is -0.139. The quantitative estimate of drug-likeness (QED) is 0.767. The fraction of sp³-hybridized carbons (Fsp3) is 0.400. The maximum atomic E-state index is 11.8. The van der Waals surface area contributed by atoms with Crippen molar-refractivity contribution in [1.82, 2.24) is 4.98 Å². The molecule has 0 aliphatic heterocycles. The van der Waals surface area contributed by atoms with Crippen LogP contribution in [0.4, 0.5) is 13.2 Å².